The Kier molecular flexibility index (Phi) is 8.22. The molecule has 0 aliphatic carbocycles. The molecule has 2 bridgehead atoms. The van der Waals surface area contributed by atoms with Gasteiger partial charge in [-0.15, -0.1) is 0 Å². The molecule has 8 nitrogen and oxygen atoms in total. The highest BCUT2D eigenvalue weighted by Crippen LogP contribution is 2.39. The van der Waals surface area contributed by atoms with E-state index in [1.54, 1.807) is 6.07 Å². The largest absolute Gasteiger partial charge is 0.490 e. The second kappa shape index (κ2) is 12.0. The van der Waals surface area contributed by atoms with Crippen molar-refractivity contribution in [1.82, 2.24) is 20.2 Å². The van der Waals surface area contributed by atoms with Crippen LogP contribution in [0.3, 0.4) is 0 Å². The molecule has 3 fully saturated rings. The van der Waals surface area contributed by atoms with Gasteiger partial charge in [-0.1, -0.05) is 23.2 Å². The lowest BCUT2D eigenvalue weighted by molar-refractivity contribution is 0.0357. The first-order chi connectivity index (χ1) is 19.0. The van der Waals surface area contributed by atoms with Gasteiger partial charge in [0.25, 0.3) is 0 Å². The Hall–Kier alpha value is -2.43. The van der Waals surface area contributed by atoms with Crippen LogP contribution >= 0.6 is 23.2 Å². The summed E-state index contributed by atoms with van der Waals surface area (Å²) >= 11 is 12.0. The van der Waals surface area contributed by atoms with Gasteiger partial charge in [-0.05, 0) is 50.3 Å². The van der Waals surface area contributed by atoms with E-state index in [9.17, 15) is 4.39 Å². The van der Waals surface area contributed by atoms with Crippen LogP contribution < -0.4 is 20.1 Å². The van der Waals surface area contributed by atoms with Gasteiger partial charge in [-0.2, -0.15) is 0 Å². The maximum Gasteiger partial charge on any atom is 0.166 e. The number of nitrogens with zero attached hydrogens (tertiary/aromatic N) is 3. The molecule has 3 aliphatic heterocycles. The number of hydrogen-bond acceptors (Lipinski definition) is 8. The highest BCUT2D eigenvalue weighted by atomic mass is 35.5. The summed E-state index contributed by atoms with van der Waals surface area (Å²) < 4.78 is 33.1. The van der Waals surface area contributed by atoms with Gasteiger partial charge < -0.3 is 24.8 Å². The van der Waals surface area contributed by atoms with Gasteiger partial charge in [0.05, 0.1) is 41.1 Å². The minimum atomic E-state index is -0.641. The fraction of sp³-hybridized carbons (Fsp3) is 0.500. The molecule has 3 atom stereocenters. The quantitative estimate of drug-likeness (QED) is 0.253. The lowest BCUT2D eigenvalue weighted by Crippen LogP contribution is -2.42. The van der Waals surface area contributed by atoms with E-state index in [2.05, 4.69) is 25.5 Å². The van der Waals surface area contributed by atoms with Crippen molar-refractivity contribution >= 4 is 45.6 Å². The lowest BCUT2D eigenvalue weighted by atomic mass is 10.0. The number of rotatable bonds is 9. The van der Waals surface area contributed by atoms with E-state index in [1.807, 2.05) is 12.1 Å². The van der Waals surface area contributed by atoms with Crippen LogP contribution in [0.15, 0.2) is 30.6 Å². The van der Waals surface area contributed by atoms with Crippen molar-refractivity contribution in [2.75, 3.05) is 44.8 Å². The molecule has 1 aromatic heterocycles. The fourth-order valence-corrected chi connectivity index (χ4v) is 6.01. The van der Waals surface area contributed by atoms with E-state index < -0.39 is 5.82 Å². The van der Waals surface area contributed by atoms with E-state index >= 15 is 0 Å². The average molecular weight is 577 g/mol. The Labute approximate surface area is 237 Å². The SMILES string of the molecule is Fc1c(Nc2ncnc3cc(OCCCN4CCOCC4)c(OC4C[C@H]5CC[C@@H](C4)N5)cc23)ccc(Cl)c1Cl. The summed E-state index contributed by atoms with van der Waals surface area (Å²) in [6, 6.07) is 7.84. The van der Waals surface area contributed by atoms with Crippen LogP contribution in [-0.4, -0.2) is 72.5 Å². The van der Waals surface area contributed by atoms with Gasteiger partial charge >= 0.3 is 0 Å². The number of morpholine rings is 1. The first-order valence-electron chi connectivity index (χ1n) is 13.6. The van der Waals surface area contributed by atoms with Gasteiger partial charge in [0.2, 0.25) is 0 Å². The summed E-state index contributed by atoms with van der Waals surface area (Å²) in [4.78, 5) is 11.2. The smallest absolute Gasteiger partial charge is 0.166 e. The Bertz CT molecular complexity index is 1310. The van der Waals surface area contributed by atoms with Crippen molar-refractivity contribution in [3.05, 3.63) is 46.5 Å². The highest BCUT2D eigenvalue weighted by Gasteiger charge is 2.35. The number of piperidine rings is 1. The molecular weight excluding hydrogens is 544 g/mol. The van der Waals surface area contributed by atoms with Gasteiger partial charge in [0.15, 0.2) is 17.3 Å². The number of nitrogens with one attached hydrogen (secondary N) is 2. The monoisotopic (exact) mass is 575 g/mol. The summed E-state index contributed by atoms with van der Waals surface area (Å²) in [6.07, 6.45) is 6.70. The van der Waals surface area contributed by atoms with Crippen molar-refractivity contribution < 1.29 is 18.6 Å². The molecule has 11 heteroatoms. The number of aromatic nitrogens is 2. The van der Waals surface area contributed by atoms with Gasteiger partial charge in [-0.3, -0.25) is 4.90 Å². The van der Waals surface area contributed by atoms with Crippen LogP contribution in [0.4, 0.5) is 15.9 Å². The molecule has 3 aromatic rings. The van der Waals surface area contributed by atoms with Crippen LogP contribution in [0, 0.1) is 5.82 Å². The molecule has 2 aromatic carbocycles. The third kappa shape index (κ3) is 6.18. The minimum absolute atomic E-state index is 0.0884. The number of ether oxygens (including phenoxy) is 3. The predicted molar refractivity (Wildman–Crippen MR) is 150 cm³/mol. The highest BCUT2D eigenvalue weighted by molar-refractivity contribution is 6.42. The number of fused-ring (bicyclic) bond motifs is 3. The van der Waals surface area contributed by atoms with Crippen LogP contribution in [0.2, 0.25) is 10.0 Å². The first-order valence-corrected chi connectivity index (χ1v) is 14.3. The van der Waals surface area contributed by atoms with Crippen molar-refractivity contribution in [2.24, 2.45) is 0 Å². The van der Waals surface area contributed by atoms with Crippen molar-refractivity contribution in [1.29, 1.82) is 0 Å². The number of hydrogen-bond donors (Lipinski definition) is 2. The molecule has 1 unspecified atom stereocenters. The molecule has 0 radical (unpaired) electrons. The second-order valence-electron chi connectivity index (χ2n) is 10.4. The molecule has 6 rings (SSSR count). The van der Waals surface area contributed by atoms with Crippen LogP contribution in [0.1, 0.15) is 32.1 Å². The zero-order valence-electron chi connectivity index (χ0n) is 21.6. The van der Waals surface area contributed by atoms with Crippen molar-refractivity contribution in [3.63, 3.8) is 0 Å². The molecule has 0 saturated carbocycles. The molecule has 0 spiro atoms. The van der Waals surface area contributed by atoms with Gasteiger partial charge in [-0.25, -0.2) is 14.4 Å². The zero-order chi connectivity index (χ0) is 26.8. The number of anilines is 2. The third-order valence-electron chi connectivity index (χ3n) is 7.69. The van der Waals surface area contributed by atoms with E-state index in [-0.39, 0.29) is 21.8 Å². The summed E-state index contributed by atoms with van der Waals surface area (Å²) in [5, 5.41) is 7.41. The molecule has 208 valence electrons. The maximum absolute atomic E-state index is 14.8. The molecule has 3 saturated heterocycles. The summed E-state index contributed by atoms with van der Waals surface area (Å²) in [7, 11) is 0. The maximum atomic E-state index is 14.8. The second-order valence-corrected chi connectivity index (χ2v) is 11.2. The van der Waals surface area contributed by atoms with Gasteiger partial charge in [0, 0.05) is 43.2 Å². The molecule has 39 heavy (non-hydrogen) atoms. The first kappa shape index (κ1) is 26.8. The van der Waals surface area contributed by atoms with E-state index in [0.29, 0.717) is 46.9 Å². The van der Waals surface area contributed by atoms with Crippen molar-refractivity contribution in [2.45, 2.75) is 50.3 Å². The molecule has 2 N–H and O–H groups in total. The predicted octanol–water partition coefficient (Wildman–Crippen LogP) is 5.58. The summed E-state index contributed by atoms with van der Waals surface area (Å²) in [6.45, 7) is 4.98. The zero-order valence-corrected chi connectivity index (χ0v) is 23.1. The lowest BCUT2D eigenvalue weighted by Gasteiger charge is -2.30. The van der Waals surface area contributed by atoms with Crippen molar-refractivity contribution in [3.8, 4) is 11.5 Å². The van der Waals surface area contributed by atoms with Crippen LogP contribution in [-0.2, 0) is 4.74 Å². The molecule has 0 amide bonds. The minimum Gasteiger partial charge on any atom is -0.490 e. The van der Waals surface area contributed by atoms with Gasteiger partial charge in [0.1, 0.15) is 18.2 Å². The normalized spacial score (nSPS) is 23.2. The standard InChI is InChI=1S/C28H32Cl2FN5O3/c29-21-4-5-22(27(31)26(21)30)35-28-20-14-25(39-19-12-17-2-3-18(13-19)34-17)24(15-23(20)32-16-33-28)38-9-1-6-36-7-10-37-11-8-36/h4-5,14-19,34H,1-3,6-13H2,(H,32,33,35)/t17-,18+,19?. The van der Waals surface area contributed by atoms with E-state index in [1.165, 1.54) is 25.2 Å². The summed E-state index contributed by atoms with van der Waals surface area (Å²) in [5.41, 5.74) is 0.833. The third-order valence-corrected chi connectivity index (χ3v) is 8.47. The number of benzene rings is 2. The number of halogens is 3. The average Bonchev–Trinajstić information content (AvgIpc) is 3.29. The fourth-order valence-electron chi connectivity index (χ4n) is 5.69. The molecular formula is C28H32Cl2FN5O3. The Morgan fingerprint density at radius 1 is 1.08 bits per heavy atom. The Morgan fingerprint density at radius 3 is 2.67 bits per heavy atom. The molecule has 3 aliphatic rings. The Balaban J connectivity index is 1.26. The van der Waals surface area contributed by atoms with E-state index in [4.69, 9.17) is 37.4 Å². The molecule has 4 heterocycles. The Morgan fingerprint density at radius 2 is 1.87 bits per heavy atom. The van der Waals surface area contributed by atoms with Crippen LogP contribution in [0.5, 0.6) is 11.5 Å². The van der Waals surface area contributed by atoms with E-state index in [0.717, 1.165) is 52.1 Å². The van der Waals surface area contributed by atoms with Crippen LogP contribution in [0.25, 0.3) is 10.9 Å². The topological polar surface area (TPSA) is 80.8 Å². The summed E-state index contributed by atoms with van der Waals surface area (Å²) in [5.74, 6) is 1.09.